The number of hydrogen-bond donors (Lipinski definition) is 0. The number of piperidine rings is 1. The van der Waals surface area contributed by atoms with E-state index in [4.69, 9.17) is 4.74 Å². The fraction of sp³-hybridized carbons (Fsp3) is 0.440. The highest BCUT2D eigenvalue weighted by Gasteiger charge is 2.39. The van der Waals surface area contributed by atoms with Gasteiger partial charge in [-0.1, -0.05) is 36.8 Å². The third-order valence-electron chi connectivity index (χ3n) is 6.52. The molecule has 2 aromatic rings. The highest BCUT2D eigenvalue weighted by Crippen LogP contribution is 2.27. The summed E-state index contributed by atoms with van der Waals surface area (Å²) in [5, 5.41) is 0. The fourth-order valence-electron chi connectivity index (χ4n) is 4.71. The first kappa shape index (κ1) is 24.2. The van der Waals surface area contributed by atoms with Crippen molar-refractivity contribution in [3.63, 3.8) is 0 Å². The van der Waals surface area contributed by atoms with Crippen molar-refractivity contribution in [2.24, 2.45) is 0 Å². The molecular weight excluding hydrogens is 454 g/mol. The summed E-state index contributed by atoms with van der Waals surface area (Å²) in [5.74, 6) is 0.220. The van der Waals surface area contributed by atoms with Gasteiger partial charge in [-0.2, -0.15) is 4.31 Å². The van der Waals surface area contributed by atoms with Gasteiger partial charge in [-0.3, -0.25) is 9.59 Å². The quantitative estimate of drug-likeness (QED) is 0.650. The zero-order chi connectivity index (χ0) is 24.1. The molecule has 34 heavy (non-hydrogen) atoms. The molecule has 0 aromatic heterocycles. The van der Waals surface area contributed by atoms with Crippen molar-refractivity contribution in [3.8, 4) is 5.75 Å². The van der Waals surface area contributed by atoms with Crippen LogP contribution in [0.4, 0.5) is 0 Å². The number of ether oxygens (including phenoxy) is 1. The third kappa shape index (κ3) is 4.95. The Hall–Kier alpha value is -2.91. The zero-order valence-corrected chi connectivity index (χ0v) is 20.2. The van der Waals surface area contributed by atoms with E-state index in [1.807, 2.05) is 6.07 Å². The molecule has 2 heterocycles. The van der Waals surface area contributed by atoms with E-state index in [1.54, 1.807) is 58.3 Å². The number of sulfonamides is 1. The molecule has 2 aromatic carbocycles. The van der Waals surface area contributed by atoms with Gasteiger partial charge in [0.25, 0.3) is 5.91 Å². The lowest BCUT2D eigenvalue weighted by Gasteiger charge is -2.36. The molecule has 2 amide bonds. The van der Waals surface area contributed by atoms with E-state index >= 15 is 0 Å². The van der Waals surface area contributed by atoms with Crippen molar-refractivity contribution >= 4 is 21.8 Å². The van der Waals surface area contributed by atoms with Crippen molar-refractivity contribution in [3.05, 3.63) is 60.2 Å². The Bertz CT molecular complexity index is 1120. The van der Waals surface area contributed by atoms with Crippen molar-refractivity contribution in [1.82, 2.24) is 14.1 Å². The van der Waals surface area contributed by atoms with Crippen molar-refractivity contribution < 1.29 is 22.7 Å². The van der Waals surface area contributed by atoms with Crippen molar-refractivity contribution in [1.29, 1.82) is 0 Å². The minimum absolute atomic E-state index is 0.127. The molecule has 0 radical (unpaired) electrons. The Morgan fingerprint density at radius 3 is 2.26 bits per heavy atom. The van der Waals surface area contributed by atoms with Crippen LogP contribution >= 0.6 is 0 Å². The predicted molar refractivity (Wildman–Crippen MR) is 128 cm³/mol. The van der Waals surface area contributed by atoms with Crippen LogP contribution in [0.15, 0.2) is 59.5 Å². The lowest BCUT2D eigenvalue weighted by Crippen LogP contribution is -2.53. The van der Waals surface area contributed by atoms with E-state index < -0.39 is 16.1 Å². The molecule has 0 N–H and O–H groups in total. The van der Waals surface area contributed by atoms with E-state index in [2.05, 4.69) is 0 Å². The minimum atomic E-state index is -3.76. The maximum absolute atomic E-state index is 13.5. The number of amides is 2. The van der Waals surface area contributed by atoms with Crippen LogP contribution in [0, 0.1) is 0 Å². The Labute approximate surface area is 201 Å². The van der Waals surface area contributed by atoms with Crippen LogP contribution in [-0.4, -0.2) is 80.2 Å². The van der Waals surface area contributed by atoms with E-state index in [1.165, 1.54) is 11.4 Å². The molecule has 9 heteroatoms. The van der Waals surface area contributed by atoms with E-state index in [9.17, 15) is 18.0 Å². The van der Waals surface area contributed by atoms with E-state index in [-0.39, 0.29) is 16.7 Å². The second kappa shape index (κ2) is 10.6. The van der Waals surface area contributed by atoms with Crippen LogP contribution in [0.5, 0.6) is 5.75 Å². The smallest absolute Gasteiger partial charge is 0.257 e. The Balaban J connectivity index is 1.48. The third-order valence-corrected chi connectivity index (χ3v) is 8.44. The molecule has 4 rings (SSSR count). The van der Waals surface area contributed by atoms with Gasteiger partial charge in [0.1, 0.15) is 11.8 Å². The second-order valence-electron chi connectivity index (χ2n) is 8.61. The topological polar surface area (TPSA) is 87.2 Å². The number of carbonyl (C=O) groups excluding carboxylic acids is 2. The molecule has 2 aliphatic rings. The van der Waals surface area contributed by atoms with Crippen LogP contribution in [0.3, 0.4) is 0 Å². The lowest BCUT2D eigenvalue weighted by atomic mass is 10.0. The number of benzene rings is 2. The molecule has 8 nitrogen and oxygen atoms in total. The molecule has 2 fully saturated rings. The summed E-state index contributed by atoms with van der Waals surface area (Å²) < 4.78 is 33.3. The highest BCUT2D eigenvalue weighted by molar-refractivity contribution is 7.89. The lowest BCUT2D eigenvalue weighted by molar-refractivity contribution is -0.136. The molecule has 182 valence electrons. The van der Waals surface area contributed by atoms with Gasteiger partial charge in [0.15, 0.2) is 0 Å². The first-order chi connectivity index (χ1) is 16.4. The maximum Gasteiger partial charge on any atom is 0.257 e. The number of nitrogens with zero attached hydrogens (tertiary/aromatic N) is 3. The summed E-state index contributed by atoms with van der Waals surface area (Å²) >= 11 is 0. The van der Waals surface area contributed by atoms with Crippen LogP contribution in [0.1, 0.15) is 36.0 Å². The predicted octanol–water partition coefficient (Wildman–Crippen LogP) is 2.61. The zero-order valence-electron chi connectivity index (χ0n) is 19.4. The van der Waals surface area contributed by atoms with Crippen LogP contribution in [0.25, 0.3) is 0 Å². The molecule has 2 aliphatic heterocycles. The van der Waals surface area contributed by atoms with Crippen LogP contribution in [0.2, 0.25) is 0 Å². The summed E-state index contributed by atoms with van der Waals surface area (Å²) in [7, 11) is -2.23. The number of carbonyl (C=O) groups is 2. The summed E-state index contributed by atoms with van der Waals surface area (Å²) in [5.41, 5.74) is 0.497. The normalized spacial score (nSPS) is 20.0. The molecule has 0 saturated carbocycles. The molecule has 1 unspecified atom stereocenters. The van der Waals surface area contributed by atoms with E-state index in [0.29, 0.717) is 56.9 Å². The van der Waals surface area contributed by atoms with Gasteiger partial charge in [0.05, 0.1) is 17.6 Å². The largest absolute Gasteiger partial charge is 0.496 e. The summed E-state index contributed by atoms with van der Waals surface area (Å²) in [6, 6.07) is 14.7. The molecule has 2 saturated heterocycles. The minimum Gasteiger partial charge on any atom is -0.496 e. The number of rotatable bonds is 5. The van der Waals surface area contributed by atoms with Crippen molar-refractivity contribution in [2.45, 2.75) is 36.6 Å². The average molecular weight is 486 g/mol. The molecule has 1 atom stereocenters. The standard InChI is InChI=1S/C25H31N3O5S/c1-33-23-14-6-5-12-21(23)24(29)26-15-9-16-27(19-18-26)25(30)22-13-7-8-17-28(22)34(31,32)20-10-3-2-4-11-20/h2-6,10-12,14,22H,7-9,13,15-19H2,1H3. The maximum atomic E-state index is 13.5. The van der Waals surface area contributed by atoms with Gasteiger partial charge < -0.3 is 14.5 Å². The molecular formula is C25H31N3O5S. The first-order valence-corrected chi connectivity index (χ1v) is 13.2. The number of para-hydroxylation sites is 1. The average Bonchev–Trinajstić information content (AvgIpc) is 3.15. The van der Waals surface area contributed by atoms with Gasteiger partial charge in [0, 0.05) is 32.7 Å². The molecule has 0 bridgehead atoms. The Kier molecular flexibility index (Phi) is 7.53. The summed E-state index contributed by atoms with van der Waals surface area (Å²) in [6.07, 6.45) is 2.68. The van der Waals surface area contributed by atoms with Gasteiger partial charge in [-0.15, -0.1) is 0 Å². The Morgan fingerprint density at radius 2 is 1.50 bits per heavy atom. The fourth-order valence-corrected chi connectivity index (χ4v) is 6.38. The van der Waals surface area contributed by atoms with Gasteiger partial charge in [-0.05, 0) is 43.5 Å². The van der Waals surface area contributed by atoms with Crippen LogP contribution in [-0.2, 0) is 14.8 Å². The van der Waals surface area contributed by atoms with Gasteiger partial charge in [0.2, 0.25) is 15.9 Å². The summed E-state index contributed by atoms with van der Waals surface area (Å²) in [6.45, 7) is 2.11. The highest BCUT2D eigenvalue weighted by atomic mass is 32.2. The summed E-state index contributed by atoms with van der Waals surface area (Å²) in [4.78, 5) is 30.3. The molecule has 0 aliphatic carbocycles. The van der Waals surface area contributed by atoms with Crippen LogP contribution < -0.4 is 4.74 Å². The number of hydrogen-bond acceptors (Lipinski definition) is 5. The van der Waals surface area contributed by atoms with Gasteiger partial charge in [-0.25, -0.2) is 8.42 Å². The van der Waals surface area contributed by atoms with Crippen molar-refractivity contribution in [2.75, 3.05) is 39.8 Å². The second-order valence-corrected chi connectivity index (χ2v) is 10.5. The van der Waals surface area contributed by atoms with E-state index in [0.717, 1.165) is 12.8 Å². The number of methoxy groups -OCH3 is 1. The monoisotopic (exact) mass is 485 g/mol. The first-order valence-electron chi connectivity index (χ1n) is 11.7. The SMILES string of the molecule is COc1ccccc1C(=O)N1CCCN(C(=O)C2CCCCN2S(=O)(=O)c2ccccc2)CC1. The molecule has 0 spiro atoms. The Morgan fingerprint density at radius 1 is 0.824 bits per heavy atom. The van der Waals surface area contributed by atoms with Gasteiger partial charge >= 0.3 is 0 Å².